The molecule has 3 heterocycles. The Morgan fingerprint density at radius 1 is 1.18 bits per heavy atom. The maximum atomic E-state index is 4.96. The summed E-state index contributed by atoms with van der Waals surface area (Å²) < 4.78 is 0. The Labute approximate surface area is 103 Å². The Morgan fingerprint density at radius 3 is 2.47 bits per heavy atom. The van der Waals surface area contributed by atoms with Crippen LogP contribution < -0.4 is 0 Å². The molecule has 2 bridgehead atoms. The van der Waals surface area contributed by atoms with Crippen molar-refractivity contribution >= 4 is 5.71 Å². The number of rotatable bonds is 2. The molecule has 3 fully saturated rings. The summed E-state index contributed by atoms with van der Waals surface area (Å²) in [6.45, 7) is 5.88. The van der Waals surface area contributed by atoms with Gasteiger partial charge in [0.25, 0.3) is 0 Å². The van der Waals surface area contributed by atoms with Gasteiger partial charge >= 0.3 is 0 Å². The first-order valence-corrected chi connectivity index (χ1v) is 6.67. The minimum absolute atomic E-state index is 0.312. The first kappa shape index (κ1) is 11.0. The van der Waals surface area contributed by atoms with Gasteiger partial charge in [-0.3, -0.25) is 9.89 Å². The highest BCUT2D eigenvalue weighted by molar-refractivity contribution is 5.90. The van der Waals surface area contributed by atoms with Crippen molar-refractivity contribution in [2.45, 2.75) is 25.8 Å². The Morgan fingerprint density at radius 2 is 1.88 bits per heavy atom. The minimum atomic E-state index is 0.312. The van der Waals surface area contributed by atoms with Crippen LogP contribution >= 0.6 is 0 Å². The van der Waals surface area contributed by atoms with Crippen LogP contribution in [0.4, 0.5) is 0 Å². The van der Waals surface area contributed by atoms with Crippen LogP contribution in [0.5, 0.6) is 0 Å². The van der Waals surface area contributed by atoms with Crippen molar-refractivity contribution in [3.8, 4) is 0 Å². The lowest BCUT2D eigenvalue weighted by atomic mass is 9.86. The molecule has 0 aromatic heterocycles. The number of fused-ring (bicyclic) bond motifs is 3. The molecule has 1 aromatic carbocycles. The molecule has 1 aromatic rings. The second-order valence-electron chi connectivity index (χ2n) is 5.26. The van der Waals surface area contributed by atoms with Crippen molar-refractivity contribution in [2.24, 2.45) is 10.9 Å². The van der Waals surface area contributed by atoms with E-state index >= 15 is 0 Å². The van der Waals surface area contributed by atoms with Crippen molar-refractivity contribution in [2.75, 3.05) is 19.6 Å². The van der Waals surface area contributed by atoms with Gasteiger partial charge in [0.05, 0.1) is 6.04 Å². The molecule has 0 N–H and O–H groups in total. The number of hydrogen-bond donors (Lipinski definition) is 0. The number of benzene rings is 1. The van der Waals surface area contributed by atoms with E-state index < -0.39 is 0 Å². The van der Waals surface area contributed by atoms with Gasteiger partial charge in [0.2, 0.25) is 0 Å². The number of hydrogen-bond acceptors (Lipinski definition) is 2. The van der Waals surface area contributed by atoms with E-state index in [0.717, 1.165) is 12.5 Å². The van der Waals surface area contributed by atoms with E-state index in [1.54, 1.807) is 0 Å². The Bertz CT molecular complexity index is 402. The average molecular weight is 228 g/mol. The summed E-state index contributed by atoms with van der Waals surface area (Å²) in [5.74, 6) is 0.770. The highest BCUT2D eigenvalue weighted by Crippen LogP contribution is 2.27. The molecule has 90 valence electrons. The molecule has 0 unspecified atom stereocenters. The summed E-state index contributed by atoms with van der Waals surface area (Å²) in [7, 11) is 0. The van der Waals surface area contributed by atoms with Gasteiger partial charge in [0.1, 0.15) is 0 Å². The third-order valence-corrected chi connectivity index (χ3v) is 4.09. The Balaban J connectivity index is 1.78. The van der Waals surface area contributed by atoms with E-state index in [9.17, 15) is 0 Å². The fourth-order valence-corrected chi connectivity index (χ4v) is 2.98. The minimum Gasteiger partial charge on any atom is -0.298 e. The van der Waals surface area contributed by atoms with Crippen LogP contribution in [0.1, 0.15) is 31.4 Å². The van der Waals surface area contributed by atoms with Gasteiger partial charge in [-0.1, -0.05) is 30.3 Å². The van der Waals surface area contributed by atoms with Crippen molar-refractivity contribution in [3.63, 3.8) is 0 Å². The third-order valence-electron chi connectivity index (χ3n) is 4.09. The van der Waals surface area contributed by atoms with E-state index in [4.69, 9.17) is 4.99 Å². The summed E-state index contributed by atoms with van der Waals surface area (Å²) >= 11 is 0. The van der Waals surface area contributed by atoms with E-state index in [-0.39, 0.29) is 0 Å². The fourth-order valence-electron chi connectivity index (χ4n) is 2.98. The average Bonchev–Trinajstić information content (AvgIpc) is 2.41. The van der Waals surface area contributed by atoms with E-state index in [1.807, 2.05) is 0 Å². The normalized spacial score (nSPS) is 31.7. The molecule has 3 aliphatic heterocycles. The Hall–Kier alpha value is -1.15. The summed E-state index contributed by atoms with van der Waals surface area (Å²) in [6.07, 6.45) is 2.64. The summed E-state index contributed by atoms with van der Waals surface area (Å²) in [4.78, 5) is 7.50. The molecule has 3 aliphatic rings. The maximum Gasteiger partial charge on any atom is 0.0720 e. The summed E-state index contributed by atoms with van der Waals surface area (Å²) in [5, 5.41) is 0. The summed E-state index contributed by atoms with van der Waals surface area (Å²) in [6, 6.07) is 10.9. The van der Waals surface area contributed by atoms with Crippen molar-refractivity contribution in [3.05, 3.63) is 35.9 Å². The van der Waals surface area contributed by atoms with E-state index in [1.165, 1.54) is 37.2 Å². The number of aliphatic imine (C=N–C) groups is 1. The molecule has 3 saturated heterocycles. The van der Waals surface area contributed by atoms with E-state index in [2.05, 4.69) is 42.2 Å². The lowest BCUT2D eigenvalue weighted by Crippen LogP contribution is -2.48. The van der Waals surface area contributed by atoms with Crippen LogP contribution in [0.25, 0.3) is 0 Å². The molecule has 1 atom stereocenters. The zero-order valence-electron chi connectivity index (χ0n) is 10.5. The predicted octanol–water partition coefficient (Wildman–Crippen LogP) is 2.91. The molecule has 17 heavy (non-hydrogen) atoms. The van der Waals surface area contributed by atoms with Crippen LogP contribution in [-0.2, 0) is 0 Å². The molecular weight excluding hydrogens is 208 g/mol. The standard InChI is InChI=1S/C15H20N2/c1-12(13-5-3-2-4-6-13)16-15-11-17-9-7-14(15)8-10-17/h2-6,12,14H,7-11H2,1H3/t12-/m0/s1. The predicted molar refractivity (Wildman–Crippen MR) is 71.5 cm³/mol. The third kappa shape index (κ3) is 2.27. The molecule has 0 saturated carbocycles. The lowest BCUT2D eigenvalue weighted by molar-refractivity contribution is 0.199. The second-order valence-corrected chi connectivity index (χ2v) is 5.26. The van der Waals surface area contributed by atoms with Gasteiger partial charge in [-0.05, 0) is 38.4 Å². The molecule has 2 nitrogen and oxygen atoms in total. The fraction of sp³-hybridized carbons (Fsp3) is 0.533. The SMILES string of the molecule is C[C@H](N=C1CN2CCC1CC2)c1ccccc1. The van der Waals surface area contributed by atoms with Crippen molar-refractivity contribution in [1.82, 2.24) is 4.90 Å². The first-order chi connectivity index (χ1) is 8.33. The highest BCUT2D eigenvalue weighted by atomic mass is 15.2. The van der Waals surface area contributed by atoms with Crippen LogP contribution in [-0.4, -0.2) is 30.2 Å². The molecule has 4 rings (SSSR count). The van der Waals surface area contributed by atoms with Gasteiger partial charge in [-0.2, -0.15) is 0 Å². The zero-order valence-corrected chi connectivity index (χ0v) is 10.5. The largest absolute Gasteiger partial charge is 0.298 e. The number of piperidine rings is 3. The smallest absolute Gasteiger partial charge is 0.0720 e. The van der Waals surface area contributed by atoms with Gasteiger partial charge < -0.3 is 0 Å². The van der Waals surface area contributed by atoms with Crippen molar-refractivity contribution in [1.29, 1.82) is 0 Å². The zero-order chi connectivity index (χ0) is 11.7. The molecule has 0 amide bonds. The van der Waals surface area contributed by atoms with Gasteiger partial charge in [0, 0.05) is 18.2 Å². The second kappa shape index (κ2) is 4.61. The monoisotopic (exact) mass is 228 g/mol. The number of nitrogens with zero attached hydrogens (tertiary/aromatic N) is 2. The summed E-state index contributed by atoms with van der Waals surface area (Å²) in [5.41, 5.74) is 2.77. The van der Waals surface area contributed by atoms with E-state index in [0.29, 0.717) is 6.04 Å². The highest BCUT2D eigenvalue weighted by Gasteiger charge is 2.30. The Kier molecular flexibility index (Phi) is 2.98. The lowest BCUT2D eigenvalue weighted by Gasteiger charge is -2.40. The molecular formula is C15H20N2. The van der Waals surface area contributed by atoms with Crippen LogP contribution in [0, 0.1) is 5.92 Å². The molecule has 0 radical (unpaired) electrons. The van der Waals surface area contributed by atoms with Gasteiger partial charge in [-0.25, -0.2) is 0 Å². The molecule has 2 heteroatoms. The molecule has 0 spiro atoms. The van der Waals surface area contributed by atoms with Crippen LogP contribution in [0.2, 0.25) is 0 Å². The molecule has 0 aliphatic carbocycles. The first-order valence-electron chi connectivity index (χ1n) is 6.67. The van der Waals surface area contributed by atoms with Crippen molar-refractivity contribution < 1.29 is 0 Å². The topological polar surface area (TPSA) is 15.6 Å². The van der Waals surface area contributed by atoms with Gasteiger partial charge in [-0.15, -0.1) is 0 Å². The van der Waals surface area contributed by atoms with Gasteiger partial charge in [0.15, 0.2) is 0 Å². The van der Waals surface area contributed by atoms with Crippen LogP contribution in [0.3, 0.4) is 0 Å². The van der Waals surface area contributed by atoms with Crippen LogP contribution in [0.15, 0.2) is 35.3 Å². The maximum absolute atomic E-state index is 4.96. The quantitative estimate of drug-likeness (QED) is 0.760.